The van der Waals surface area contributed by atoms with Gasteiger partial charge in [-0.25, -0.2) is 4.68 Å². The molecule has 11 heteroatoms. The molecule has 0 saturated carbocycles. The number of rotatable bonds is 7. The van der Waals surface area contributed by atoms with Crippen molar-refractivity contribution in [3.63, 3.8) is 0 Å². The van der Waals surface area contributed by atoms with Crippen LogP contribution in [0.4, 0.5) is 11.6 Å². The number of nitrogens with zero attached hydrogens (tertiary/aromatic N) is 3. The van der Waals surface area contributed by atoms with Gasteiger partial charge in [0.2, 0.25) is 5.95 Å². The lowest BCUT2D eigenvalue weighted by molar-refractivity contribution is -0.113. The van der Waals surface area contributed by atoms with Crippen LogP contribution in [0.5, 0.6) is 23.0 Å². The second-order valence-corrected chi connectivity index (χ2v) is 7.80. The quantitative estimate of drug-likeness (QED) is 0.459. The van der Waals surface area contributed by atoms with Crippen LogP contribution in [0, 0.1) is 0 Å². The molecule has 0 radical (unpaired) electrons. The lowest BCUT2D eigenvalue weighted by Crippen LogP contribution is -2.31. The third kappa shape index (κ3) is 4.19. The van der Waals surface area contributed by atoms with Crippen molar-refractivity contribution in [1.29, 1.82) is 0 Å². The summed E-state index contributed by atoms with van der Waals surface area (Å²) in [6.45, 7) is 3.98. The van der Waals surface area contributed by atoms with Gasteiger partial charge in [0.25, 0.3) is 5.91 Å². The number of halogens is 1. The van der Waals surface area contributed by atoms with Crippen molar-refractivity contribution in [2.75, 3.05) is 31.5 Å². The Morgan fingerprint density at radius 3 is 2.68 bits per heavy atom. The van der Waals surface area contributed by atoms with Gasteiger partial charge in [-0.05, 0) is 31.5 Å². The largest absolute Gasteiger partial charge is 0.504 e. The van der Waals surface area contributed by atoms with Gasteiger partial charge < -0.3 is 30.0 Å². The van der Waals surface area contributed by atoms with E-state index in [1.807, 2.05) is 6.92 Å². The van der Waals surface area contributed by atoms with Gasteiger partial charge in [0.15, 0.2) is 11.5 Å². The Hall–Kier alpha value is -3.92. The van der Waals surface area contributed by atoms with E-state index in [1.54, 1.807) is 35.9 Å². The molecule has 0 saturated heterocycles. The number of fused-ring (bicyclic) bond motifs is 1. The summed E-state index contributed by atoms with van der Waals surface area (Å²) in [5.41, 5.74) is 2.05. The average Bonchev–Trinajstić information content (AvgIpc) is 3.28. The van der Waals surface area contributed by atoms with Crippen molar-refractivity contribution < 1.29 is 24.1 Å². The second-order valence-electron chi connectivity index (χ2n) is 7.40. The predicted molar refractivity (Wildman–Crippen MR) is 127 cm³/mol. The molecule has 1 aromatic heterocycles. The van der Waals surface area contributed by atoms with E-state index in [9.17, 15) is 9.90 Å². The van der Waals surface area contributed by atoms with Gasteiger partial charge in [0.05, 0.1) is 37.1 Å². The summed E-state index contributed by atoms with van der Waals surface area (Å²) in [5.74, 6) is 1.16. The average molecular weight is 486 g/mol. The Kier molecular flexibility index (Phi) is 6.51. The summed E-state index contributed by atoms with van der Waals surface area (Å²) in [5, 5.41) is 20.9. The zero-order chi connectivity index (χ0) is 24.4. The zero-order valence-electron chi connectivity index (χ0n) is 19.0. The number of nitrogens with one attached hydrogen (secondary N) is 2. The molecule has 0 spiro atoms. The van der Waals surface area contributed by atoms with Gasteiger partial charge in [-0.1, -0.05) is 17.7 Å². The van der Waals surface area contributed by atoms with Crippen LogP contribution >= 0.6 is 11.6 Å². The maximum absolute atomic E-state index is 13.6. The van der Waals surface area contributed by atoms with Crippen LogP contribution in [0.25, 0.3) is 0 Å². The van der Waals surface area contributed by atoms with Crippen molar-refractivity contribution in [3.8, 4) is 23.0 Å². The van der Waals surface area contributed by atoms with Crippen LogP contribution in [-0.2, 0) is 4.79 Å². The Labute approximate surface area is 201 Å². The number of phenols is 1. The molecule has 178 valence electrons. The minimum Gasteiger partial charge on any atom is -0.504 e. The minimum absolute atomic E-state index is 0.00282. The van der Waals surface area contributed by atoms with Gasteiger partial charge in [-0.15, -0.1) is 0 Å². The van der Waals surface area contributed by atoms with Crippen LogP contribution in [0.3, 0.4) is 0 Å². The lowest BCUT2D eigenvalue weighted by atomic mass is 9.94. The minimum atomic E-state index is -0.640. The SMILES string of the molecule is CCOc1cc([C@@H]2C(C(=O)Nc3cc(OC)c(Cl)cc3OC)=C(C)Nc3ncnn32)ccc1O. The van der Waals surface area contributed by atoms with Crippen molar-refractivity contribution >= 4 is 29.1 Å². The van der Waals surface area contributed by atoms with Crippen LogP contribution in [-0.4, -0.2) is 46.6 Å². The highest BCUT2D eigenvalue weighted by atomic mass is 35.5. The fourth-order valence-electron chi connectivity index (χ4n) is 3.81. The third-order valence-corrected chi connectivity index (χ3v) is 5.66. The number of amides is 1. The summed E-state index contributed by atoms with van der Waals surface area (Å²) in [4.78, 5) is 17.9. The predicted octanol–water partition coefficient (Wildman–Crippen LogP) is 3.98. The molecule has 1 aliphatic rings. The van der Waals surface area contributed by atoms with Crippen molar-refractivity contribution in [2.45, 2.75) is 19.9 Å². The molecule has 0 fully saturated rings. The van der Waals surface area contributed by atoms with Crippen molar-refractivity contribution in [3.05, 3.63) is 58.5 Å². The summed E-state index contributed by atoms with van der Waals surface area (Å²) in [6, 6.07) is 7.45. The molecule has 0 unspecified atom stereocenters. The number of benzene rings is 2. The summed E-state index contributed by atoms with van der Waals surface area (Å²) in [7, 11) is 2.97. The molecule has 3 aromatic rings. The van der Waals surface area contributed by atoms with E-state index in [0.29, 0.717) is 57.3 Å². The zero-order valence-corrected chi connectivity index (χ0v) is 19.8. The van der Waals surface area contributed by atoms with E-state index in [2.05, 4.69) is 20.7 Å². The van der Waals surface area contributed by atoms with Gasteiger partial charge in [0, 0.05) is 17.8 Å². The number of aromatic hydroxyl groups is 1. The van der Waals surface area contributed by atoms with Crippen molar-refractivity contribution in [1.82, 2.24) is 14.8 Å². The molecule has 1 atom stereocenters. The Balaban J connectivity index is 1.78. The summed E-state index contributed by atoms with van der Waals surface area (Å²) < 4.78 is 17.8. The van der Waals surface area contributed by atoms with Crippen LogP contribution in [0.1, 0.15) is 25.5 Å². The highest BCUT2D eigenvalue weighted by Crippen LogP contribution is 2.40. The number of hydrogen-bond acceptors (Lipinski definition) is 8. The molecule has 2 aromatic carbocycles. The van der Waals surface area contributed by atoms with E-state index in [0.717, 1.165) is 0 Å². The Morgan fingerprint density at radius 1 is 1.21 bits per heavy atom. The van der Waals surface area contributed by atoms with E-state index < -0.39 is 11.9 Å². The highest BCUT2D eigenvalue weighted by Gasteiger charge is 2.34. The fraction of sp³-hybridized carbons (Fsp3) is 0.261. The van der Waals surface area contributed by atoms with Gasteiger partial charge in [0.1, 0.15) is 23.9 Å². The standard InChI is InChI=1S/C23H24ClN5O5/c1-5-34-19-8-13(6-7-16(19)30)21-20(12(2)27-23-25-11-26-29(21)23)22(31)28-15-10-17(32-3)14(24)9-18(15)33-4/h6-11,21,30H,5H2,1-4H3,(H,28,31)(H,25,26,27)/t21-/m1/s1. The summed E-state index contributed by atoms with van der Waals surface area (Å²) in [6.07, 6.45) is 1.40. The molecule has 1 amide bonds. The molecule has 34 heavy (non-hydrogen) atoms. The van der Waals surface area contributed by atoms with Gasteiger partial charge in [-0.2, -0.15) is 10.1 Å². The van der Waals surface area contributed by atoms with Crippen molar-refractivity contribution in [2.24, 2.45) is 0 Å². The number of phenolic OH excluding ortho intramolecular Hbond substituents is 1. The smallest absolute Gasteiger partial charge is 0.255 e. The topological polar surface area (TPSA) is 120 Å². The molecule has 2 heterocycles. The molecule has 1 aliphatic heterocycles. The molecular weight excluding hydrogens is 462 g/mol. The number of hydrogen-bond donors (Lipinski definition) is 3. The van der Waals surface area contributed by atoms with Gasteiger partial charge >= 0.3 is 0 Å². The number of aromatic nitrogens is 3. The number of methoxy groups -OCH3 is 2. The molecule has 0 aliphatic carbocycles. The second kappa shape index (κ2) is 9.52. The van der Waals surface area contributed by atoms with E-state index in [4.69, 9.17) is 25.8 Å². The highest BCUT2D eigenvalue weighted by molar-refractivity contribution is 6.32. The first-order valence-electron chi connectivity index (χ1n) is 10.4. The Morgan fingerprint density at radius 2 is 1.97 bits per heavy atom. The van der Waals surface area contributed by atoms with E-state index >= 15 is 0 Å². The monoisotopic (exact) mass is 485 g/mol. The van der Waals surface area contributed by atoms with Gasteiger partial charge in [-0.3, -0.25) is 4.79 Å². The van der Waals surface area contributed by atoms with Crippen LogP contribution in [0.2, 0.25) is 5.02 Å². The maximum Gasteiger partial charge on any atom is 0.255 e. The fourth-order valence-corrected chi connectivity index (χ4v) is 4.04. The van der Waals surface area contributed by atoms with E-state index in [1.165, 1.54) is 26.6 Å². The van der Waals surface area contributed by atoms with Crippen LogP contribution < -0.4 is 24.8 Å². The maximum atomic E-state index is 13.6. The number of carbonyl (C=O) groups is 1. The first kappa shape index (κ1) is 23.2. The number of ether oxygens (including phenoxy) is 3. The molecule has 10 nitrogen and oxygen atoms in total. The molecule has 3 N–H and O–H groups in total. The Bertz CT molecular complexity index is 1270. The molecule has 0 bridgehead atoms. The molecular formula is C23H24ClN5O5. The van der Waals surface area contributed by atoms with Crippen LogP contribution in [0.15, 0.2) is 47.9 Å². The number of allylic oxidation sites excluding steroid dienone is 1. The number of anilines is 2. The lowest BCUT2D eigenvalue weighted by Gasteiger charge is -2.29. The summed E-state index contributed by atoms with van der Waals surface area (Å²) >= 11 is 6.20. The van der Waals surface area contributed by atoms with E-state index in [-0.39, 0.29) is 5.75 Å². The normalized spacial score (nSPS) is 14.8. The molecule has 4 rings (SSSR count). The first-order chi connectivity index (χ1) is 16.4. The third-order valence-electron chi connectivity index (χ3n) is 5.36. The first-order valence-corrected chi connectivity index (χ1v) is 10.8. The number of carbonyl (C=O) groups excluding carboxylic acids is 1.